The molecule has 0 amide bonds. The number of nitrogens with one attached hydrogen (secondary N) is 1. The Hall–Kier alpha value is -2.87. The molecule has 1 aliphatic heterocycles. The van der Waals surface area contributed by atoms with E-state index < -0.39 is 12.0 Å². The average molecular weight is 330 g/mol. The van der Waals surface area contributed by atoms with Crippen LogP contribution in [-0.4, -0.2) is 46.2 Å². The van der Waals surface area contributed by atoms with Crippen molar-refractivity contribution in [2.24, 2.45) is 0 Å². The van der Waals surface area contributed by atoms with Crippen molar-refractivity contribution in [1.82, 2.24) is 14.8 Å². The van der Waals surface area contributed by atoms with Gasteiger partial charge in [-0.25, -0.2) is 9.48 Å². The lowest BCUT2D eigenvalue weighted by Gasteiger charge is -2.29. The lowest BCUT2D eigenvalue weighted by molar-refractivity contribution is -0.139. The van der Waals surface area contributed by atoms with Crippen LogP contribution in [0.3, 0.4) is 0 Å². The van der Waals surface area contributed by atoms with E-state index in [-0.39, 0.29) is 19.0 Å². The number of phenols is 1. The third kappa shape index (κ3) is 2.71. The average Bonchev–Trinajstić information content (AvgIpc) is 3.03. The van der Waals surface area contributed by atoms with Crippen LogP contribution in [0.25, 0.3) is 0 Å². The highest BCUT2D eigenvalue weighted by atomic mass is 16.5. The number of methoxy groups -OCH3 is 1. The van der Waals surface area contributed by atoms with Crippen LogP contribution in [0.5, 0.6) is 5.75 Å². The topological polar surface area (TPSA) is 98.5 Å². The van der Waals surface area contributed by atoms with Gasteiger partial charge in [0, 0.05) is 12.7 Å². The molecule has 1 unspecified atom stereocenters. The number of carbonyl (C=O) groups is 1. The van der Waals surface area contributed by atoms with Crippen LogP contribution in [-0.2, 0) is 14.3 Å². The highest BCUT2D eigenvalue weighted by Crippen LogP contribution is 2.38. The van der Waals surface area contributed by atoms with E-state index in [1.165, 1.54) is 13.4 Å². The summed E-state index contributed by atoms with van der Waals surface area (Å²) in [7, 11) is 1.53. The van der Waals surface area contributed by atoms with E-state index in [0.717, 1.165) is 0 Å². The van der Waals surface area contributed by atoms with Crippen LogP contribution in [0.1, 0.15) is 18.5 Å². The standard InChI is InChI=1S/C16H18N4O4/c1-3-24-15(22)13-11(8-23-2)19-16-17-9-18-20(16)14(13)10-6-4-5-7-12(10)21/h4-7,9,14,21H,3,8H2,1-2H3,(H,17,18,19). The summed E-state index contributed by atoms with van der Waals surface area (Å²) in [6.45, 7) is 2.14. The minimum Gasteiger partial charge on any atom is -0.508 e. The molecule has 126 valence electrons. The molecule has 0 bridgehead atoms. The molecule has 2 aromatic rings. The van der Waals surface area contributed by atoms with E-state index in [2.05, 4.69) is 15.4 Å². The van der Waals surface area contributed by atoms with Crippen LogP contribution >= 0.6 is 0 Å². The summed E-state index contributed by atoms with van der Waals surface area (Å²) in [6, 6.07) is 6.14. The minimum atomic E-state index is -0.658. The largest absolute Gasteiger partial charge is 0.508 e. The number of hydrogen-bond acceptors (Lipinski definition) is 7. The van der Waals surface area contributed by atoms with E-state index in [1.807, 2.05) is 0 Å². The van der Waals surface area contributed by atoms with Crippen molar-refractivity contribution < 1.29 is 19.4 Å². The van der Waals surface area contributed by atoms with Gasteiger partial charge in [-0.1, -0.05) is 18.2 Å². The number of fused-ring (bicyclic) bond motifs is 1. The van der Waals surface area contributed by atoms with Crippen molar-refractivity contribution >= 4 is 11.9 Å². The first-order valence-corrected chi connectivity index (χ1v) is 7.50. The highest BCUT2D eigenvalue weighted by Gasteiger charge is 2.36. The molecule has 0 saturated carbocycles. The summed E-state index contributed by atoms with van der Waals surface area (Å²) >= 11 is 0. The van der Waals surface area contributed by atoms with Gasteiger partial charge in [0.05, 0.1) is 24.5 Å². The number of nitrogens with zero attached hydrogens (tertiary/aromatic N) is 3. The molecule has 8 nitrogen and oxygen atoms in total. The number of hydrogen-bond donors (Lipinski definition) is 2. The molecule has 2 N–H and O–H groups in total. The number of anilines is 1. The Morgan fingerprint density at radius 2 is 2.21 bits per heavy atom. The fraction of sp³-hybridized carbons (Fsp3) is 0.312. The van der Waals surface area contributed by atoms with Crippen LogP contribution < -0.4 is 5.32 Å². The van der Waals surface area contributed by atoms with Crippen molar-refractivity contribution in [3.63, 3.8) is 0 Å². The molecule has 0 aliphatic carbocycles. The van der Waals surface area contributed by atoms with Gasteiger partial charge >= 0.3 is 5.97 Å². The third-order valence-electron chi connectivity index (χ3n) is 3.69. The maximum atomic E-state index is 12.6. The molecule has 24 heavy (non-hydrogen) atoms. The summed E-state index contributed by atoms with van der Waals surface area (Å²) in [5, 5.41) is 17.5. The van der Waals surface area contributed by atoms with E-state index in [4.69, 9.17) is 9.47 Å². The smallest absolute Gasteiger partial charge is 0.338 e. The summed E-state index contributed by atoms with van der Waals surface area (Å²) < 4.78 is 11.9. The molecule has 0 fully saturated rings. The molecule has 1 aromatic heterocycles. The van der Waals surface area contributed by atoms with E-state index in [1.54, 1.807) is 35.9 Å². The first-order valence-electron chi connectivity index (χ1n) is 7.50. The Bertz CT molecular complexity index is 784. The maximum Gasteiger partial charge on any atom is 0.338 e. The predicted molar refractivity (Wildman–Crippen MR) is 85.4 cm³/mol. The summed E-state index contributed by atoms with van der Waals surface area (Å²) in [6.07, 6.45) is 1.38. The number of rotatable bonds is 5. The number of ether oxygens (including phenoxy) is 2. The lowest BCUT2D eigenvalue weighted by Crippen LogP contribution is -2.31. The van der Waals surface area contributed by atoms with Gasteiger partial charge in [-0.3, -0.25) is 0 Å². The number of para-hydroxylation sites is 1. The maximum absolute atomic E-state index is 12.6. The van der Waals surface area contributed by atoms with E-state index >= 15 is 0 Å². The number of carbonyl (C=O) groups excluding carboxylic acids is 1. The molecule has 8 heteroatoms. The molecule has 3 rings (SSSR count). The van der Waals surface area contributed by atoms with Gasteiger partial charge in [-0.2, -0.15) is 10.1 Å². The van der Waals surface area contributed by atoms with E-state index in [9.17, 15) is 9.90 Å². The van der Waals surface area contributed by atoms with Gasteiger partial charge in [0.1, 0.15) is 18.1 Å². The Labute approximate surface area is 138 Å². The van der Waals surface area contributed by atoms with Gasteiger partial charge < -0.3 is 19.9 Å². The second-order valence-electron chi connectivity index (χ2n) is 5.16. The zero-order valence-electron chi connectivity index (χ0n) is 13.4. The second kappa shape index (κ2) is 6.71. The summed E-state index contributed by atoms with van der Waals surface area (Å²) in [5.74, 6) is 0.0271. The zero-order chi connectivity index (χ0) is 17.1. The Morgan fingerprint density at radius 1 is 1.42 bits per heavy atom. The van der Waals surface area contributed by atoms with Crippen molar-refractivity contribution in [2.45, 2.75) is 13.0 Å². The predicted octanol–water partition coefficient (Wildman–Crippen LogP) is 1.46. The molecular weight excluding hydrogens is 312 g/mol. The van der Waals surface area contributed by atoms with Gasteiger partial charge in [-0.05, 0) is 13.0 Å². The van der Waals surface area contributed by atoms with Crippen molar-refractivity contribution in [3.8, 4) is 5.75 Å². The first kappa shape index (κ1) is 16.0. The Kier molecular flexibility index (Phi) is 4.48. The third-order valence-corrected chi connectivity index (χ3v) is 3.69. The lowest BCUT2D eigenvalue weighted by atomic mass is 9.95. The Balaban J connectivity index is 2.20. The Morgan fingerprint density at radius 3 is 2.92 bits per heavy atom. The van der Waals surface area contributed by atoms with Crippen LogP contribution in [0, 0.1) is 0 Å². The van der Waals surface area contributed by atoms with Crippen molar-refractivity contribution in [3.05, 3.63) is 47.4 Å². The molecular formula is C16H18N4O4. The van der Waals surface area contributed by atoms with Gasteiger partial charge in [0.25, 0.3) is 0 Å². The number of benzene rings is 1. The summed E-state index contributed by atoms with van der Waals surface area (Å²) in [4.78, 5) is 16.7. The zero-order valence-corrected chi connectivity index (χ0v) is 13.4. The SMILES string of the molecule is CCOC(=O)C1=C(COC)Nc2ncnn2C1c1ccccc1O. The second-order valence-corrected chi connectivity index (χ2v) is 5.16. The molecule has 0 radical (unpaired) electrons. The number of phenolic OH excluding ortho intramolecular Hbond substituents is 1. The van der Waals surface area contributed by atoms with Crippen LogP contribution in [0.15, 0.2) is 41.9 Å². The monoisotopic (exact) mass is 330 g/mol. The van der Waals surface area contributed by atoms with Crippen LogP contribution in [0.4, 0.5) is 5.95 Å². The fourth-order valence-corrected chi connectivity index (χ4v) is 2.73. The van der Waals surface area contributed by atoms with Crippen molar-refractivity contribution in [2.75, 3.05) is 25.6 Å². The molecule has 0 saturated heterocycles. The summed E-state index contributed by atoms with van der Waals surface area (Å²) in [5.41, 5.74) is 1.39. The van der Waals surface area contributed by atoms with Crippen LogP contribution in [0.2, 0.25) is 0 Å². The van der Waals surface area contributed by atoms with Crippen molar-refractivity contribution in [1.29, 1.82) is 0 Å². The molecule has 1 atom stereocenters. The quantitative estimate of drug-likeness (QED) is 0.801. The molecule has 1 aliphatic rings. The molecule has 1 aromatic carbocycles. The van der Waals surface area contributed by atoms with Gasteiger partial charge in [0.15, 0.2) is 0 Å². The first-order chi connectivity index (χ1) is 11.7. The number of aromatic nitrogens is 3. The number of aromatic hydroxyl groups is 1. The minimum absolute atomic E-state index is 0.0596. The number of esters is 1. The van der Waals surface area contributed by atoms with Gasteiger partial charge in [-0.15, -0.1) is 0 Å². The molecule has 0 spiro atoms. The molecule has 2 heterocycles. The van der Waals surface area contributed by atoms with Gasteiger partial charge in [0.2, 0.25) is 5.95 Å². The normalized spacial score (nSPS) is 16.5. The highest BCUT2D eigenvalue weighted by molar-refractivity contribution is 5.92. The van der Waals surface area contributed by atoms with E-state index in [0.29, 0.717) is 22.8 Å². The fourth-order valence-electron chi connectivity index (χ4n) is 2.73.